The lowest BCUT2D eigenvalue weighted by atomic mass is 9.89. The van der Waals surface area contributed by atoms with Gasteiger partial charge in [0.15, 0.2) is 0 Å². The number of fused-ring (bicyclic) bond motifs is 1. The molecule has 0 spiro atoms. The van der Waals surface area contributed by atoms with E-state index in [0.717, 1.165) is 27.4 Å². The number of rotatable bonds is 7. The zero-order chi connectivity index (χ0) is 22.8. The number of sulfonamides is 1. The molecule has 168 valence electrons. The maximum Gasteiger partial charge on any atom is 0.232 e. The number of nitrogens with one attached hydrogen (secondary N) is 1. The van der Waals surface area contributed by atoms with E-state index in [9.17, 15) is 17.6 Å². The molecule has 0 radical (unpaired) electrons. The molecule has 2 aromatic carbocycles. The van der Waals surface area contributed by atoms with Crippen molar-refractivity contribution in [1.82, 2.24) is 5.32 Å². The summed E-state index contributed by atoms with van der Waals surface area (Å²) in [6.07, 6.45) is 2.04. The summed E-state index contributed by atoms with van der Waals surface area (Å²) in [7, 11) is -3.68. The number of para-hydroxylation sites is 1. The number of amides is 1. The van der Waals surface area contributed by atoms with Crippen molar-refractivity contribution in [2.45, 2.75) is 51.7 Å². The molecule has 1 atom stereocenters. The molecule has 0 bridgehead atoms. The van der Waals surface area contributed by atoms with Gasteiger partial charge in [-0.05, 0) is 51.0 Å². The highest BCUT2D eigenvalue weighted by Crippen LogP contribution is 2.39. The Bertz CT molecular complexity index is 1070. The monoisotopic (exact) mass is 448 g/mol. The van der Waals surface area contributed by atoms with Gasteiger partial charge in [-0.1, -0.05) is 24.3 Å². The van der Waals surface area contributed by atoms with Crippen molar-refractivity contribution < 1.29 is 22.3 Å². The Morgan fingerprint density at radius 2 is 1.97 bits per heavy atom. The van der Waals surface area contributed by atoms with Crippen LogP contribution in [-0.4, -0.2) is 32.7 Å². The highest BCUT2D eigenvalue weighted by atomic mass is 32.2. The molecule has 1 amide bonds. The second-order valence-corrected chi connectivity index (χ2v) is 10.5. The molecule has 8 heteroatoms. The average Bonchev–Trinajstić information content (AvgIpc) is 2.64. The van der Waals surface area contributed by atoms with Gasteiger partial charge in [0.1, 0.15) is 17.2 Å². The van der Waals surface area contributed by atoms with Crippen molar-refractivity contribution in [3.63, 3.8) is 0 Å². The number of benzene rings is 2. The first kappa shape index (κ1) is 23.1. The molecule has 1 N–H and O–H groups in total. The van der Waals surface area contributed by atoms with E-state index in [1.54, 1.807) is 6.07 Å². The molecule has 1 aliphatic rings. The predicted octanol–water partition coefficient (Wildman–Crippen LogP) is 4.10. The normalized spacial score (nSPS) is 17.4. The van der Waals surface area contributed by atoms with Gasteiger partial charge in [0.2, 0.25) is 15.9 Å². The third kappa shape index (κ3) is 5.76. The maximum atomic E-state index is 14.1. The van der Waals surface area contributed by atoms with Crippen LogP contribution < -0.4 is 14.4 Å². The predicted molar refractivity (Wildman–Crippen MR) is 119 cm³/mol. The molecular formula is C23H29FN2O4S. The van der Waals surface area contributed by atoms with Gasteiger partial charge in [-0.25, -0.2) is 12.8 Å². The minimum absolute atomic E-state index is 0.0131. The van der Waals surface area contributed by atoms with E-state index in [2.05, 4.69) is 5.32 Å². The minimum atomic E-state index is -3.68. The summed E-state index contributed by atoms with van der Waals surface area (Å²) in [5.41, 5.74) is 1.58. The Hall–Kier alpha value is -2.61. The SMILES string of the molecule is Cc1ccc2c(c1)OC(C)(C)C[C@@H]2NC(=O)CCCN(c1ccccc1F)S(C)(=O)=O. The molecule has 0 saturated heterocycles. The Morgan fingerprint density at radius 1 is 1.26 bits per heavy atom. The lowest BCUT2D eigenvalue weighted by Gasteiger charge is -2.38. The molecule has 0 aliphatic carbocycles. The number of nitrogens with zero attached hydrogens (tertiary/aromatic N) is 1. The summed E-state index contributed by atoms with van der Waals surface area (Å²) in [5.74, 6) is -0.0331. The van der Waals surface area contributed by atoms with Gasteiger partial charge in [0, 0.05) is 24.9 Å². The zero-order valence-corrected chi connectivity index (χ0v) is 19.1. The number of halogens is 1. The summed E-state index contributed by atoms with van der Waals surface area (Å²) in [6.45, 7) is 5.97. The third-order valence-corrected chi connectivity index (χ3v) is 6.43. The Balaban J connectivity index is 1.66. The van der Waals surface area contributed by atoms with E-state index in [4.69, 9.17) is 4.74 Å². The second-order valence-electron chi connectivity index (χ2n) is 8.62. The van der Waals surface area contributed by atoms with E-state index in [1.165, 1.54) is 18.2 Å². The van der Waals surface area contributed by atoms with Crippen LogP contribution >= 0.6 is 0 Å². The van der Waals surface area contributed by atoms with Crippen LogP contribution in [0.15, 0.2) is 42.5 Å². The molecule has 0 fully saturated rings. The third-order valence-electron chi connectivity index (χ3n) is 5.25. The van der Waals surface area contributed by atoms with E-state index >= 15 is 0 Å². The van der Waals surface area contributed by atoms with Crippen LogP contribution in [0.25, 0.3) is 0 Å². The fourth-order valence-electron chi connectivity index (χ4n) is 3.86. The van der Waals surface area contributed by atoms with Crippen LogP contribution in [0, 0.1) is 12.7 Å². The van der Waals surface area contributed by atoms with Crippen molar-refractivity contribution in [3.8, 4) is 5.75 Å². The maximum absolute atomic E-state index is 14.1. The fourth-order valence-corrected chi connectivity index (χ4v) is 4.82. The smallest absolute Gasteiger partial charge is 0.232 e. The van der Waals surface area contributed by atoms with Crippen LogP contribution in [0.1, 0.15) is 50.3 Å². The van der Waals surface area contributed by atoms with Crippen molar-refractivity contribution in [2.24, 2.45) is 0 Å². The second kappa shape index (κ2) is 8.86. The average molecular weight is 449 g/mol. The molecular weight excluding hydrogens is 419 g/mol. The van der Waals surface area contributed by atoms with Gasteiger partial charge in [0.25, 0.3) is 0 Å². The van der Waals surface area contributed by atoms with Crippen LogP contribution in [-0.2, 0) is 14.8 Å². The molecule has 0 unspecified atom stereocenters. The number of aryl methyl sites for hydroxylation is 1. The first-order valence-electron chi connectivity index (χ1n) is 10.3. The van der Waals surface area contributed by atoms with Gasteiger partial charge in [-0.15, -0.1) is 0 Å². The highest BCUT2D eigenvalue weighted by Gasteiger charge is 2.34. The highest BCUT2D eigenvalue weighted by molar-refractivity contribution is 7.92. The van der Waals surface area contributed by atoms with Crippen molar-refractivity contribution in [3.05, 3.63) is 59.4 Å². The largest absolute Gasteiger partial charge is 0.487 e. The zero-order valence-electron chi connectivity index (χ0n) is 18.3. The Kier molecular flexibility index (Phi) is 6.59. The van der Waals surface area contributed by atoms with Crippen molar-refractivity contribution >= 4 is 21.6 Å². The standard InChI is InChI=1S/C23H29FN2O4S/c1-16-11-12-17-19(15-23(2,3)30-21(17)14-16)25-22(27)10-7-13-26(31(4,28)29)20-9-6-5-8-18(20)24/h5-6,8-9,11-12,14,19H,7,10,13,15H2,1-4H3,(H,25,27)/t19-/m0/s1. The molecule has 3 rings (SSSR count). The number of carbonyl (C=O) groups is 1. The van der Waals surface area contributed by atoms with Crippen LogP contribution in [0.4, 0.5) is 10.1 Å². The molecule has 6 nitrogen and oxygen atoms in total. The van der Waals surface area contributed by atoms with Crippen LogP contribution in [0.3, 0.4) is 0 Å². The van der Waals surface area contributed by atoms with Crippen LogP contribution in [0.2, 0.25) is 0 Å². The number of anilines is 1. The Labute approximate surface area is 183 Å². The summed E-state index contributed by atoms with van der Waals surface area (Å²) < 4.78 is 45.5. The van der Waals surface area contributed by atoms with Gasteiger partial charge in [0.05, 0.1) is 18.0 Å². The summed E-state index contributed by atoms with van der Waals surface area (Å²) in [6, 6.07) is 11.4. The topological polar surface area (TPSA) is 75.7 Å². The van der Waals surface area contributed by atoms with Gasteiger partial charge >= 0.3 is 0 Å². The van der Waals surface area contributed by atoms with Crippen LogP contribution in [0.5, 0.6) is 5.75 Å². The molecule has 2 aromatic rings. The summed E-state index contributed by atoms with van der Waals surface area (Å²) >= 11 is 0. The quantitative estimate of drug-likeness (QED) is 0.692. The van der Waals surface area contributed by atoms with E-state index < -0.39 is 21.4 Å². The summed E-state index contributed by atoms with van der Waals surface area (Å²) in [5, 5.41) is 3.05. The van der Waals surface area contributed by atoms with E-state index in [-0.39, 0.29) is 37.0 Å². The first-order valence-corrected chi connectivity index (χ1v) is 12.1. The molecule has 1 heterocycles. The lowest BCUT2D eigenvalue weighted by Crippen LogP contribution is -2.41. The summed E-state index contributed by atoms with van der Waals surface area (Å²) in [4.78, 5) is 12.6. The van der Waals surface area contributed by atoms with E-state index in [0.29, 0.717) is 6.42 Å². The van der Waals surface area contributed by atoms with E-state index in [1.807, 2.05) is 39.0 Å². The van der Waals surface area contributed by atoms with Gasteiger partial charge in [-0.3, -0.25) is 9.10 Å². The fraction of sp³-hybridized carbons (Fsp3) is 0.435. The number of ether oxygens (including phenoxy) is 1. The number of hydrogen-bond acceptors (Lipinski definition) is 4. The number of carbonyl (C=O) groups excluding carboxylic acids is 1. The van der Waals surface area contributed by atoms with Crippen molar-refractivity contribution in [1.29, 1.82) is 0 Å². The lowest BCUT2D eigenvalue weighted by molar-refractivity contribution is -0.122. The molecule has 1 aliphatic heterocycles. The Morgan fingerprint density at radius 3 is 2.65 bits per heavy atom. The van der Waals surface area contributed by atoms with Gasteiger partial charge < -0.3 is 10.1 Å². The molecule has 0 saturated carbocycles. The molecule has 0 aromatic heterocycles. The van der Waals surface area contributed by atoms with Gasteiger partial charge in [-0.2, -0.15) is 0 Å². The van der Waals surface area contributed by atoms with Crippen molar-refractivity contribution in [2.75, 3.05) is 17.1 Å². The molecule has 31 heavy (non-hydrogen) atoms. The minimum Gasteiger partial charge on any atom is -0.487 e. The number of hydrogen-bond donors (Lipinski definition) is 1. The first-order chi connectivity index (χ1) is 14.5.